The van der Waals surface area contributed by atoms with Crippen LogP contribution < -0.4 is 14.2 Å². The van der Waals surface area contributed by atoms with Crippen molar-refractivity contribution in [2.24, 2.45) is 0 Å². The van der Waals surface area contributed by atoms with Gasteiger partial charge in [0.15, 0.2) is 11.5 Å². The van der Waals surface area contributed by atoms with E-state index in [1.807, 2.05) is 18.2 Å². The lowest BCUT2D eigenvalue weighted by Gasteiger charge is -2.15. The van der Waals surface area contributed by atoms with E-state index >= 15 is 0 Å². The first-order chi connectivity index (χ1) is 14.1. The molecule has 0 spiro atoms. The lowest BCUT2D eigenvalue weighted by molar-refractivity contribution is 0.289. The average molecular weight is 401 g/mol. The minimum atomic E-state index is 0.104. The minimum absolute atomic E-state index is 0.104. The Labute approximate surface area is 173 Å². The van der Waals surface area contributed by atoms with Gasteiger partial charge in [-0.3, -0.25) is 0 Å². The Morgan fingerprint density at radius 1 is 0.862 bits per heavy atom. The molecule has 2 aromatic rings. The van der Waals surface area contributed by atoms with E-state index in [0.717, 1.165) is 36.8 Å². The van der Waals surface area contributed by atoms with E-state index in [1.54, 1.807) is 24.3 Å². The van der Waals surface area contributed by atoms with E-state index in [2.05, 4.69) is 13.8 Å². The van der Waals surface area contributed by atoms with Gasteiger partial charge in [-0.15, -0.1) is 0 Å². The molecule has 0 aliphatic carbocycles. The summed E-state index contributed by atoms with van der Waals surface area (Å²) in [4.78, 5) is 0. The molecule has 0 radical (unpaired) electrons. The molecule has 0 amide bonds. The fraction of sp³-hybridized carbons (Fsp3) is 0.417. The zero-order chi connectivity index (χ0) is 21.1. The standard InChI is InChI=1S/C24H32O5/c1-4-6-13-28-19-16-22(26)20(23(17-19)29-14-7-5-2)10-8-9-18-11-12-21(25)24(15-18)27-3/h8-9,11-12,15-17,25-26H,4-7,10,13-14H2,1-3H3/b9-8+. The second-order valence-corrected chi connectivity index (χ2v) is 6.86. The van der Waals surface area contributed by atoms with Gasteiger partial charge in [-0.2, -0.15) is 0 Å². The van der Waals surface area contributed by atoms with Crippen molar-refractivity contribution in [2.45, 2.75) is 46.0 Å². The third kappa shape index (κ3) is 6.93. The van der Waals surface area contributed by atoms with E-state index in [1.165, 1.54) is 7.11 Å². The number of hydrogen-bond donors (Lipinski definition) is 2. The smallest absolute Gasteiger partial charge is 0.161 e. The molecule has 0 saturated heterocycles. The van der Waals surface area contributed by atoms with E-state index < -0.39 is 0 Å². The first-order valence-corrected chi connectivity index (χ1v) is 10.2. The Morgan fingerprint density at radius 2 is 1.59 bits per heavy atom. The molecule has 2 aromatic carbocycles. The summed E-state index contributed by atoms with van der Waals surface area (Å²) in [5.74, 6) is 1.97. The molecule has 0 saturated carbocycles. The molecule has 0 heterocycles. The number of rotatable bonds is 12. The molecule has 0 fully saturated rings. The topological polar surface area (TPSA) is 68.2 Å². The number of phenolic OH excluding ortho intramolecular Hbond substituents is 2. The van der Waals surface area contributed by atoms with Crippen molar-refractivity contribution in [3.63, 3.8) is 0 Å². The number of methoxy groups -OCH3 is 1. The molecule has 0 aromatic heterocycles. The lowest BCUT2D eigenvalue weighted by atomic mass is 10.1. The van der Waals surface area contributed by atoms with E-state index in [-0.39, 0.29) is 11.5 Å². The number of unbranched alkanes of at least 4 members (excludes halogenated alkanes) is 2. The van der Waals surface area contributed by atoms with Crippen LogP contribution in [-0.4, -0.2) is 30.5 Å². The molecule has 0 aliphatic rings. The highest BCUT2D eigenvalue weighted by atomic mass is 16.5. The van der Waals surface area contributed by atoms with Crippen LogP contribution in [-0.2, 0) is 6.42 Å². The summed E-state index contributed by atoms with van der Waals surface area (Å²) >= 11 is 0. The maximum absolute atomic E-state index is 10.6. The van der Waals surface area contributed by atoms with Gasteiger partial charge in [0.05, 0.1) is 20.3 Å². The molecule has 0 unspecified atom stereocenters. The van der Waals surface area contributed by atoms with Crippen LogP contribution >= 0.6 is 0 Å². The van der Waals surface area contributed by atoms with Crippen LogP contribution in [0.15, 0.2) is 36.4 Å². The Morgan fingerprint density at radius 3 is 2.28 bits per heavy atom. The first kappa shape index (κ1) is 22.5. The van der Waals surface area contributed by atoms with Crippen molar-refractivity contribution in [1.29, 1.82) is 0 Å². The molecule has 29 heavy (non-hydrogen) atoms. The predicted molar refractivity (Wildman–Crippen MR) is 116 cm³/mol. The quantitative estimate of drug-likeness (QED) is 0.446. The Bertz CT molecular complexity index is 798. The Hall–Kier alpha value is -2.82. The molecule has 5 nitrogen and oxygen atoms in total. The average Bonchev–Trinajstić information content (AvgIpc) is 2.71. The number of aromatic hydroxyl groups is 2. The van der Waals surface area contributed by atoms with Gasteiger partial charge in [-0.25, -0.2) is 0 Å². The number of benzene rings is 2. The maximum Gasteiger partial charge on any atom is 0.161 e. The summed E-state index contributed by atoms with van der Waals surface area (Å²) in [5, 5.41) is 20.3. The number of phenols is 2. The Balaban J connectivity index is 2.18. The van der Waals surface area contributed by atoms with Crippen molar-refractivity contribution in [1.82, 2.24) is 0 Å². The summed E-state index contributed by atoms with van der Waals surface area (Å²) in [6, 6.07) is 8.66. The molecule has 2 N–H and O–H groups in total. The van der Waals surface area contributed by atoms with Gasteiger partial charge in [0.1, 0.15) is 17.2 Å². The van der Waals surface area contributed by atoms with Crippen molar-refractivity contribution < 1.29 is 24.4 Å². The largest absolute Gasteiger partial charge is 0.507 e. The van der Waals surface area contributed by atoms with Gasteiger partial charge >= 0.3 is 0 Å². The van der Waals surface area contributed by atoms with Crippen LogP contribution in [0.3, 0.4) is 0 Å². The van der Waals surface area contributed by atoms with Gasteiger partial charge in [0, 0.05) is 17.7 Å². The molecular formula is C24H32O5. The van der Waals surface area contributed by atoms with Gasteiger partial charge in [-0.1, -0.05) is 44.9 Å². The summed E-state index contributed by atoms with van der Waals surface area (Å²) in [6.45, 7) is 5.44. The SMILES string of the molecule is CCCCOc1cc(O)c(C/C=C/c2ccc(O)c(OC)c2)c(OCCCC)c1. The van der Waals surface area contributed by atoms with Crippen molar-refractivity contribution in [3.8, 4) is 28.7 Å². The van der Waals surface area contributed by atoms with E-state index in [9.17, 15) is 10.2 Å². The van der Waals surface area contributed by atoms with Gasteiger partial charge in [-0.05, 0) is 37.0 Å². The number of hydrogen-bond acceptors (Lipinski definition) is 5. The van der Waals surface area contributed by atoms with Crippen LogP contribution in [0.5, 0.6) is 28.7 Å². The zero-order valence-electron chi connectivity index (χ0n) is 17.6. The second-order valence-electron chi connectivity index (χ2n) is 6.86. The number of allylic oxidation sites excluding steroid dienone is 1. The fourth-order valence-electron chi connectivity index (χ4n) is 2.79. The van der Waals surface area contributed by atoms with Crippen molar-refractivity contribution in [3.05, 3.63) is 47.5 Å². The molecule has 158 valence electrons. The van der Waals surface area contributed by atoms with Gasteiger partial charge in [0.2, 0.25) is 0 Å². The molecular weight excluding hydrogens is 368 g/mol. The second kappa shape index (κ2) is 11.9. The van der Waals surface area contributed by atoms with Crippen molar-refractivity contribution >= 4 is 6.08 Å². The molecule has 5 heteroatoms. The van der Waals surface area contributed by atoms with E-state index in [4.69, 9.17) is 14.2 Å². The van der Waals surface area contributed by atoms with Crippen LogP contribution in [0.25, 0.3) is 6.08 Å². The number of ether oxygens (including phenoxy) is 3. The molecule has 2 rings (SSSR count). The molecule has 0 bridgehead atoms. The van der Waals surface area contributed by atoms with Crippen LogP contribution in [0.1, 0.15) is 50.7 Å². The zero-order valence-corrected chi connectivity index (χ0v) is 17.6. The van der Waals surface area contributed by atoms with Crippen LogP contribution in [0.2, 0.25) is 0 Å². The third-order valence-electron chi connectivity index (χ3n) is 4.52. The normalized spacial score (nSPS) is 11.0. The minimum Gasteiger partial charge on any atom is -0.507 e. The monoisotopic (exact) mass is 400 g/mol. The van der Waals surface area contributed by atoms with Crippen LogP contribution in [0, 0.1) is 0 Å². The van der Waals surface area contributed by atoms with Gasteiger partial charge in [0.25, 0.3) is 0 Å². The predicted octanol–water partition coefficient (Wildman–Crippen LogP) is 5.72. The lowest BCUT2D eigenvalue weighted by Crippen LogP contribution is -2.02. The molecule has 0 atom stereocenters. The maximum atomic E-state index is 10.6. The first-order valence-electron chi connectivity index (χ1n) is 10.2. The molecule has 0 aliphatic heterocycles. The third-order valence-corrected chi connectivity index (χ3v) is 4.52. The summed E-state index contributed by atoms with van der Waals surface area (Å²) in [7, 11) is 1.52. The van der Waals surface area contributed by atoms with E-state index in [0.29, 0.717) is 36.9 Å². The van der Waals surface area contributed by atoms with Crippen LogP contribution in [0.4, 0.5) is 0 Å². The summed E-state index contributed by atoms with van der Waals surface area (Å²) in [5.41, 5.74) is 1.62. The Kier molecular flexibility index (Phi) is 9.22. The summed E-state index contributed by atoms with van der Waals surface area (Å²) in [6.07, 6.45) is 8.38. The van der Waals surface area contributed by atoms with Gasteiger partial charge < -0.3 is 24.4 Å². The van der Waals surface area contributed by atoms with Crippen molar-refractivity contribution in [2.75, 3.05) is 20.3 Å². The highest BCUT2D eigenvalue weighted by Crippen LogP contribution is 2.35. The highest BCUT2D eigenvalue weighted by Gasteiger charge is 2.12. The highest BCUT2D eigenvalue weighted by molar-refractivity contribution is 5.57. The fourth-order valence-corrected chi connectivity index (χ4v) is 2.79. The summed E-state index contributed by atoms with van der Waals surface area (Å²) < 4.78 is 16.8.